The van der Waals surface area contributed by atoms with Gasteiger partial charge in [0.1, 0.15) is 0 Å². The van der Waals surface area contributed by atoms with Crippen molar-refractivity contribution in [3.8, 4) is 0 Å². The summed E-state index contributed by atoms with van der Waals surface area (Å²) >= 11 is 0. The van der Waals surface area contributed by atoms with E-state index in [1.807, 2.05) is 18.2 Å². The molecule has 0 spiro atoms. The van der Waals surface area contributed by atoms with Gasteiger partial charge in [0.05, 0.1) is 11.6 Å². The number of aromatic amines is 1. The third kappa shape index (κ3) is 1.42. The Bertz CT molecular complexity index is 514. The van der Waals surface area contributed by atoms with Gasteiger partial charge in [-0.3, -0.25) is 4.79 Å². The van der Waals surface area contributed by atoms with Gasteiger partial charge in [-0.2, -0.15) is 0 Å². The molecule has 0 aliphatic heterocycles. The Morgan fingerprint density at radius 3 is 2.79 bits per heavy atom. The van der Waals surface area contributed by atoms with Gasteiger partial charge in [0, 0.05) is 11.6 Å². The summed E-state index contributed by atoms with van der Waals surface area (Å²) in [5, 5.41) is 10.4. The van der Waals surface area contributed by atoms with Crippen molar-refractivity contribution in [3.63, 3.8) is 0 Å². The second-order valence-corrected chi connectivity index (χ2v) is 3.31. The summed E-state index contributed by atoms with van der Waals surface area (Å²) < 4.78 is 0. The number of aliphatic hydroxyl groups excluding tert-OH is 1. The molecule has 0 aliphatic rings. The molecule has 0 fully saturated rings. The molecule has 2 N–H and O–H groups in total. The number of pyridine rings is 1. The highest BCUT2D eigenvalue weighted by atomic mass is 16.3. The van der Waals surface area contributed by atoms with Crippen molar-refractivity contribution in [1.29, 1.82) is 0 Å². The molecule has 0 amide bonds. The maximum absolute atomic E-state index is 11.1. The van der Waals surface area contributed by atoms with Gasteiger partial charge in [-0.05, 0) is 18.4 Å². The van der Waals surface area contributed by atoms with Crippen LogP contribution in [0, 0.1) is 0 Å². The maximum atomic E-state index is 11.1. The van der Waals surface area contributed by atoms with Crippen molar-refractivity contribution in [3.05, 3.63) is 46.2 Å². The van der Waals surface area contributed by atoms with Gasteiger partial charge in [-0.15, -0.1) is 0 Å². The summed E-state index contributed by atoms with van der Waals surface area (Å²) in [6.07, 6.45) is -0.572. The summed E-state index contributed by atoms with van der Waals surface area (Å²) in [5.74, 6) is 0. The van der Waals surface area contributed by atoms with Crippen LogP contribution in [0.5, 0.6) is 0 Å². The first-order valence-electron chi connectivity index (χ1n) is 4.48. The van der Waals surface area contributed by atoms with Crippen molar-refractivity contribution < 1.29 is 5.11 Å². The summed E-state index contributed by atoms with van der Waals surface area (Å²) in [6.45, 7) is 1.68. The van der Waals surface area contributed by atoms with Crippen molar-refractivity contribution >= 4 is 10.9 Å². The van der Waals surface area contributed by atoms with Crippen LogP contribution in [0.4, 0.5) is 0 Å². The molecule has 72 valence electrons. The van der Waals surface area contributed by atoms with Gasteiger partial charge in [0.2, 0.25) is 5.56 Å². The molecule has 1 unspecified atom stereocenters. The van der Waals surface area contributed by atoms with E-state index >= 15 is 0 Å². The number of hydrogen-bond donors (Lipinski definition) is 2. The Morgan fingerprint density at radius 2 is 2.07 bits per heavy atom. The number of para-hydroxylation sites is 1. The lowest BCUT2D eigenvalue weighted by molar-refractivity contribution is 0.200. The average molecular weight is 189 g/mol. The number of aliphatic hydroxyl groups is 1. The van der Waals surface area contributed by atoms with E-state index in [0.29, 0.717) is 0 Å². The Hall–Kier alpha value is -1.61. The molecule has 1 aromatic carbocycles. The van der Waals surface area contributed by atoms with Crippen molar-refractivity contribution in [1.82, 2.24) is 4.98 Å². The fourth-order valence-corrected chi connectivity index (χ4v) is 1.55. The third-order valence-electron chi connectivity index (χ3n) is 2.24. The van der Waals surface area contributed by atoms with Crippen LogP contribution in [-0.2, 0) is 0 Å². The standard InChI is InChI=1S/C11H11NO2/c1-7(13)9-4-2-3-8-5-6-10(14)12-11(8)9/h2-7,13H,1H3,(H,12,14). The van der Waals surface area contributed by atoms with Gasteiger partial charge < -0.3 is 10.1 Å². The van der Waals surface area contributed by atoms with E-state index in [1.165, 1.54) is 6.07 Å². The van der Waals surface area contributed by atoms with Crippen LogP contribution < -0.4 is 5.56 Å². The average Bonchev–Trinajstić information content (AvgIpc) is 2.16. The quantitative estimate of drug-likeness (QED) is 0.715. The lowest BCUT2D eigenvalue weighted by atomic mass is 10.1. The molecule has 3 nitrogen and oxygen atoms in total. The Morgan fingerprint density at radius 1 is 1.29 bits per heavy atom. The minimum atomic E-state index is -0.572. The van der Waals surface area contributed by atoms with Gasteiger partial charge in [0.25, 0.3) is 0 Å². The predicted molar refractivity (Wildman–Crippen MR) is 55.2 cm³/mol. The van der Waals surface area contributed by atoms with E-state index in [-0.39, 0.29) is 5.56 Å². The zero-order chi connectivity index (χ0) is 10.1. The molecule has 2 rings (SSSR count). The maximum Gasteiger partial charge on any atom is 0.248 e. The van der Waals surface area contributed by atoms with Crippen LogP contribution in [0.2, 0.25) is 0 Å². The Balaban J connectivity index is 2.84. The van der Waals surface area contributed by atoms with Crippen molar-refractivity contribution in [2.75, 3.05) is 0 Å². The molecular formula is C11H11NO2. The fraction of sp³-hybridized carbons (Fsp3) is 0.182. The third-order valence-corrected chi connectivity index (χ3v) is 2.24. The first kappa shape index (κ1) is 8.97. The number of nitrogens with one attached hydrogen (secondary N) is 1. The molecule has 2 aromatic rings. The summed E-state index contributed by atoms with van der Waals surface area (Å²) in [5.41, 5.74) is 1.32. The Kier molecular flexibility index (Phi) is 2.09. The smallest absolute Gasteiger partial charge is 0.248 e. The highest BCUT2D eigenvalue weighted by Crippen LogP contribution is 2.20. The van der Waals surface area contributed by atoms with Crippen molar-refractivity contribution in [2.24, 2.45) is 0 Å². The highest BCUT2D eigenvalue weighted by molar-refractivity contribution is 5.81. The SMILES string of the molecule is CC(O)c1cccc2ccc(=O)[nH]c12. The first-order chi connectivity index (χ1) is 6.68. The van der Waals surface area contributed by atoms with Crippen LogP contribution in [0.3, 0.4) is 0 Å². The number of H-pyrrole nitrogens is 1. The van der Waals surface area contributed by atoms with Crippen LogP contribution in [-0.4, -0.2) is 10.1 Å². The lowest BCUT2D eigenvalue weighted by Gasteiger charge is -2.07. The van der Waals surface area contributed by atoms with Gasteiger partial charge >= 0.3 is 0 Å². The van der Waals surface area contributed by atoms with Gasteiger partial charge in [-0.1, -0.05) is 18.2 Å². The second kappa shape index (κ2) is 3.27. The molecule has 1 aromatic heterocycles. The zero-order valence-electron chi connectivity index (χ0n) is 7.82. The monoisotopic (exact) mass is 189 g/mol. The van der Waals surface area contributed by atoms with Gasteiger partial charge in [-0.25, -0.2) is 0 Å². The van der Waals surface area contributed by atoms with E-state index in [9.17, 15) is 9.90 Å². The number of fused-ring (bicyclic) bond motifs is 1. The van der Waals surface area contributed by atoms with Crippen LogP contribution >= 0.6 is 0 Å². The van der Waals surface area contributed by atoms with Crippen LogP contribution in [0.25, 0.3) is 10.9 Å². The zero-order valence-corrected chi connectivity index (χ0v) is 7.82. The summed E-state index contributed by atoms with van der Waals surface area (Å²) in [6, 6.07) is 8.80. The second-order valence-electron chi connectivity index (χ2n) is 3.31. The molecule has 0 saturated heterocycles. The molecule has 0 bridgehead atoms. The number of benzene rings is 1. The van der Waals surface area contributed by atoms with E-state index in [2.05, 4.69) is 4.98 Å². The molecule has 3 heteroatoms. The van der Waals surface area contributed by atoms with Crippen molar-refractivity contribution in [2.45, 2.75) is 13.0 Å². The summed E-state index contributed by atoms with van der Waals surface area (Å²) in [4.78, 5) is 13.8. The van der Waals surface area contributed by atoms with E-state index in [4.69, 9.17) is 0 Å². The largest absolute Gasteiger partial charge is 0.389 e. The highest BCUT2D eigenvalue weighted by Gasteiger charge is 2.05. The molecule has 1 atom stereocenters. The number of rotatable bonds is 1. The predicted octanol–water partition coefficient (Wildman–Crippen LogP) is 1.58. The Labute approximate surface area is 81.0 Å². The van der Waals surface area contributed by atoms with Gasteiger partial charge in [0.15, 0.2) is 0 Å². The molecular weight excluding hydrogens is 178 g/mol. The molecule has 0 saturated carbocycles. The van der Waals surface area contributed by atoms with Crippen LogP contribution in [0.1, 0.15) is 18.6 Å². The normalized spacial score (nSPS) is 13.0. The molecule has 0 radical (unpaired) electrons. The molecule has 1 heterocycles. The minimum absolute atomic E-state index is 0.148. The van der Waals surface area contributed by atoms with E-state index < -0.39 is 6.10 Å². The number of hydrogen-bond acceptors (Lipinski definition) is 2. The molecule has 0 aliphatic carbocycles. The fourth-order valence-electron chi connectivity index (χ4n) is 1.55. The summed E-state index contributed by atoms with van der Waals surface area (Å²) in [7, 11) is 0. The topological polar surface area (TPSA) is 53.1 Å². The van der Waals surface area contributed by atoms with E-state index in [1.54, 1.807) is 13.0 Å². The van der Waals surface area contributed by atoms with E-state index in [0.717, 1.165) is 16.5 Å². The first-order valence-corrected chi connectivity index (χ1v) is 4.48. The number of aromatic nitrogens is 1. The molecule has 14 heavy (non-hydrogen) atoms. The van der Waals surface area contributed by atoms with Crippen LogP contribution in [0.15, 0.2) is 35.1 Å². The minimum Gasteiger partial charge on any atom is -0.389 e. The lowest BCUT2D eigenvalue weighted by Crippen LogP contribution is -2.05.